The van der Waals surface area contributed by atoms with Gasteiger partial charge >= 0.3 is 0 Å². The quantitative estimate of drug-likeness (QED) is 0.546. The van der Waals surface area contributed by atoms with Gasteiger partial charge in [-0.3, -0.25) is 19.4 Å². The van der Waals surface area contributed by atoms with Crippen molar-refractivity contribution in [2.24, 2.45) is 0 Å². The monoisotopic (exact) mass is 431 g/mol. The second kappa shape index (κ2) is 12.1. The van der Waals surface area contributed by atoms with Crippen LogP contribution in [0.3, 0.4) is 0 Å². The molecule has 1 aromatic heterocycles. The number of pyridine rings is 1. The lowest BCUT2D eigenvalue weighted by atomic mass is 9.98. The fourth-order valence-corrected chi connectivity index (χ4v) is 3.06. The summed E-state index contributed by atoms with van der Waals surface area (Å²) in [6.45, 7) is 0.0432. The van der Waals surface area contributed by atoms with Crippen LogP contribution in [0, 0.1) is 0 Å². The summed E-state index contributed by atoms with van der Waals surface area (Å²) < 4.78 is 16.1. The Bertz CT molecular complexity index is 877. The molecule has 0 aliphatic carbocycles. The molecule has 0 radical (unpaired) electrons. The highest BCUT2D eigenvalue weighted by Crippen LogP contribution is 2.32. The first kappa shape index (κ1) is 23.6. The molecule has 1 aliphatic heterocycles. The number of carbonyl (C=O) groups is 3. The van der Waals surface area contributed by atoms with Crippen molar-refractivity contribution in [1.82, 2.24) is 15.6 Å². The fraction of sp³-hybridized carbons (Fsp3) is 0.333. The van der Waals surface area contributed by atoms with Gasteiger partial charge in [-0.1, -0.05) is 6.07 Å². The molecule has 1 saturated heterocycles. The lowest BCUT2D eigenvalue weighted by molar-refractivity contribution is -0.148. The van der Waals surface area contributed by atoms with E-state index in [1.165, 1.54) is 7.11 Å². The highest BCUT2D eigenvalue weighted by atomic mass is 16.5. The van der Waals surface area contributed by atoms with Crippen molar-refractivity contribution in [1.29, 1.82) is 0 Å². The van der Waals surface area contributed by atoms with E-state index in [-0.39, 0.29) is 24.9 Å². The third-order valence-corrected chi connectivity index (χ3v) is 4.50. The minimum Gasteiger partial charge on any atom is -0.493 e. The molecule has 1 fully saturated rings. The molecule has 166 valence electrons. The van der Waals surface area contributed by atoms with Crippen LogP contribution in [-0.4, -0.2) is 61.9 Å². The molecule has 3 N–H and O–H groups in total. The third-order valence-electron chi connectivity index (χ3n) is 4.50. The molecule has 2 amide bonds. The van der Waals surface area contributed by atoms with Gasteiger partial charge in [0.15, 0.2) is 17.6 Å². The Labute approximate surface area is 179 Å². The molecule has 1 aliphatic rings. The smallest absolute Gasteiger partial charge is 0.290 e. The van der Waals surface area contributed by atoms with Gasteiger partial charge < -0.3 is 30.0 Å². The number of carboxylic acid groups (broad SMARTS) is 1. The SMILES string of the molecule is COc1ccc([C@H]2NC(=O)CO[C@@H]2C(=O)NCCc2ccncc2)cc1OC.O=CO. The second-order valence-electron chi connectivity index (χ2n) is 6.39. The van der Waals surface area contributed by atoms with Crippen molar-refractivity contribution >= 4 is 18.3 Å². The minimum absolute atomic E-state index is 0.160. The van der Waals surface area contributed by atoms with Crippen LogP contribution in [0.2, 0.25) is 0 Å². The Balaban J connectivity index is 0.00000107. The first-order chi connectivity index (χ1) is 15.0. The predicted octanol–water partition coefficient (Wildman–Crippen LogP) is 0.715. The standard InChI is InChI=1S/C20H23N3O5.CH2O2/c1-26-15-4-3-14(11-16(15)27-2)18-19(28-12-17(24)23-18)20(25)22-10-7-13-5-8-21-9-6-13;2-1-3/h3-6,8-9,11,18-19H,7,10,12H2,1-2H3,(H,22,25)(H,23,24);1H,(H,2,3)/t18-,19+;/m1./s1. The molecule has 1 aromatic carbocycles. The molecule has 0 spiro atoms. The summed E-state index contributed by atoms with van der Waals surface area (Å²) in [6, 6.07) is 8.41. The number of ether oxygens (including phenoxy) is 3. The van der Waals surface area contributed by atoms with E-state index in [4.69, 9.17) is 24.1 Å². The molecule has 3 rings (SSSR count). The minimum atomic E-state index is -0.840. The van der Waals surface area contributed by atoms with Gasteiger partial charge in [0.1, 0.15) is 6.61 Å². The molecule has 0 saturated carbocycles. The second-order valence-corrected chi connectivity index (χ2v) is 6.39. The van der Waals surface area contributed by atoms with E-state index in [0.29, 0.717) is 30.0 Å². The van der Waals surface area contributed by atoms with Crippen LogP contribution in [0.4, 0.5) is 0 Å². The number of benzene rings is 1. The first-order valence-electron chi connectivity index (χ1n) is 9.41. The molecule has 0 unspecified atom stereocenters. The van der Waals surface area contributed by atoms with Gasteiger partial charge in [-0.05, 0) is 41.8 Å². The maximum Gasteiger partial charge on any atom is 0.290 e. The predicted molar refractivity (Wildman–Crippen MR) is 110 cm³/mol. The summed E-state index contributed by atoms with van der Waals surface area (Å²) >= 11 is 0. The van der Waals surface area contributed by atoms with Crippen LogP contribution in [0.5, 0.6) is 11.5 Å². The van der Waals surface area contributed by atoms with Gasteiger partial charge in [-0.2, -0.15) is 0 Å². The highest BCUT2D eigenvalue weighted by molar-refractivity contribution is 5.86. The highest BCUT2D eigenvalue weighted by Gasteiger charge is 2.36. The molecule has 2 atom stereocenters. The average Bonchev–Trinajstić information content (AvgIpc) is 2.79. The Morgan fingerprint density at radius 2 is 1.94 bits per heavy atom. The average molecular weight is 431 g/mol. The summed E-state index contributed by atoms with van der Waals surface area (Å²) in [7, 11) is 3.07. The van der Waals surface area contributed by atoms with E-state index >= 15 is 0 Å². The maximum absolute atomic E-state index is 12.7. The number of hydrogen-bond acceptors (Lipinski definition) is 7. The Kier molecular flexibility index (Phi) is 9.24. The Morgan fingerprint density at radius 3 is 2.58 bits per heavy atom. The number of morpholine rings is 1. The van der Waals surface area contributed by atoms with Crippen molar-refractivity contribution in [3.63, 3.8) is 0 Å². The summed E-state index contributed by atoms with van der Waals surface area (Å²) in [5, 5.41) is 12.6. The number of hydrogen-bond donors (Lipinski definition) is 3. The number of aromatic nitrogens is 1. The molecule has 2 heterocycles. The Hall–Kier alpha value is -3.66. The molecule has 10 heteroatoms. The van der Waals surface area contributed by atoms with E-state index in [1.807, 2.05) is 12.1 Å². The van der Waals surface area contributed by atoms with E-state index in [0.717, 1.165) is 5.56 Å². The van der Waals surface area contributed by atoms with Crippen LogP contribution in [-0.2, 0) is 25.5 Å². The van der Waals surface area contributed by atoms with Gasteiger partial charge in [-0.25, -0.2) is 0 Å². The Morgan fingerprint density at radius 1 is 1.26 bits per heavy atom. The topological polar surface area (TPSA) is 136 Å². The van der Waals surface area contributed by atoms with Gasteiger partial charge in [0, 0.05) is 18.9 Å². The number of nitrogens with zero attached hydrogens (tertiary/aromatic N) is 1. The van der Waals surface area contributed by atoms with Crippen LogP contribution in [0.1, 0.15) is 17.2 Å². The summed E-state index contributed by atoms with van der Waals surface area (Å²) in [5.74, 6) is 0.513. The number of amides is 2. The zero-order valence-electron chi connectivity index (χ0n) is 17.2. The van der Waals surface area contributed by atoms with Crippen LogP contribution in [0.25, 0.3) is 0 Å². The van der Waals surface area contributed by atoms with Gasteiger partial charge in [0.25, 0.3) is 12.4 Å². The lowest BCUT2D eigenvalue weighted by Gasteiger charge is -2.32. The largest absolute Gasteiger partial charge is 0.493 e. The summed E-state index contributed by atoms with van der Waals surface area (Å²) in [4.78, 5) is 36.9. The normalized spacial score (nSPS) is 17.4. The molecule has 31 heavy (non-hydrogen) atoms. The molecule has 2 aromatic rings. The zero-order valence-corrected chi connectivity index (χ0v) is 17.2. The van der Waals surface area contributed by atoms with Gasteiger partial charge in [-0.15, -0.1) is 0 Å². The van der Waals surface area contributed by atoms with E-state index in [2.05, 4.69) is 15.6 Å². The van der Waals surface area contributed by atoms with E-state index < -0.39 is 12.1 Å². The van der Waals surface area contributed by atoms with E-state index in [9.17, 15) is 9.59 Å². The number of methoxy groups -OCH3 is 2. The summed E-state index contributed by atoms with van der Waals surface area (Å²) in [6.07, 6.45) is 3.26. The first-order valence-corrected chi connectivity index (χ1v) is 9.41. The van der Waals surface area contributed by atoms with Crippen molar-refractivity contribution in [2.45, 2.75) is 18.6 Å². The zero-order chi connectivity index (χ0) is 22.6. The van der Waals surface area contributed by atoms with Crippen molar-refractivity contribution in [3.8, 4) is 11.5 Å². The number of nitrogens with one attached hydrogen (secondary N) is 2. The molecule has 10 nitrogen and oxygen atoms in total. The van der Waals surface area contributed by atoms with Crippen LogP contribution < -0.4 is 20.1 Å². The molecular formula is C21H25N3O7. The fourth-order valence-electron chi connectivity index (χ4n) is 3.06. The van der Waals surface area contributed by atoms with Crippen LogP contribution >= 0.6 is 0 Å². The van der Waals surface area contributed by atoms with Gasteiger partial charge in [0.05, 0.1) is 20.3 Å². The van der Waals surface area contributed by atoms with Crippen LogP contribution in [0.15, 0.2) is 42.7 Å². The summed E-state index contributed by atoms with van der Waals surface area (Å²) in [5.41, 5.74) is 1.77. The van der Waals surface area contributed by atoms with Crippen molar-refractivity contribution < 1.29 is 33.7 Å². The number of rotatable bonds is 7. The van der Waals surface area contributed by atoms with Crippen molar-refractivity contribution in [3.05, 3.63) is 53.9 Å². The third kappa shape index (κ3) is 6.68. The maximum atomic E-state index is 12.7. The number of carbonyl (C=O) groups excluding carboxylic acids is 2. The van der Waals surface area contributed by atoms with Crippen molar-refractivity contribution in [2.75, 3.05) is 27.4 Å². The van der Waals surface area contributed by atoms with Gasteiger partial charge in [0.2, 0.25) is 5.91 Å². The molecule has 0 bridgehead atoms. The van der Waals surface area contributed by atoms with E-state index in [1.54, 1.807) is 37.7 Å². The lowest BCUT2D eigenvalue weighted by Crippen LogP contribution is -2.52. The molecular weight excluding hydrogens is 406 g/mol.